The quantitative estimate of drug-likeness (QED) is 0.860. The van der Waals surface area contributed by atoms with E-state index in [-0.39, 0.29) is 0 Å². The topological polar surface area (TPSA) is 18.5 Å². The van der Waals surface area contributed by atoms with Crippen molar-refractivity contribution in [2.75, 3.05) is 33.7 Å². The van der Waals surface area contributed by atoms with Crippen molar-refractivity contribution in [1.82, 2.24) is 15.1 Å². The zero-order valence-corrected chi connectivity index (χ0v) is 15.2. The Morgan fingerprint density at radius 3 is 2.48 bits per heavy atom. The average molecular weight is 296 g/mol. The third-order valence-electron chi connectivity index (χ3n) is 6.66. The van der Waals surface area contributed by atoms with E-state index in [9.17, 15) is 0 Å². The fourth-order valence-electron chi connectivity index (χ4n) is 4.26. The summed E-state index contributed by atoms with van der Waals surface area (Å²) in [5.41, 5.74) is 0.495. The van der Waals surface area contributed by atoms with E-state index in [0.717, 1.165) is 12.0 Å². The monoisotopic (exact) mass is 295 g/mol. The Labute approximate surface area is 132 Å². The van der Waals surface area contributed by atoms with Gasteiger partial charge in [0.25, 0.3) is 0 Å². The molecule has 1 aliphatic heterocycles. The molecule has 2 fully saturated rings. The van der Waals surface area contributed by atoms with Crippen LogP contribution in [0.3, 0.4) is 0 Å². The van der Waals surface area contributed by atoms with Crippen molar-refractivity contribution >= 4 is 0 Å². The summed E-state index contributed by atoms with van der Waals surface area (Å²) in [5.74, 6) is 0.882. The normalized spacial score (nSPS) is 36.9. The van der Waals surface area contributed by atoms with E-state index in [1.165, 1.54) is 45.3 Å². The summed E-state index contributed by atoms with van der Waals surface area (Å²) < 4.78 is 0. The number of hydrogen-bond donors (Lipinski definition) is 1. The predicted molar refractivity (Wildman–Crippen MR) is 91.7 cm³/mol. The Morgan fingerprint density at radius 2 is 1.90 bits per heavy atom. The predicted octanol–water partition coefficient (Wildman–Crippen LogP) is 2.82. The minimum Gasteiger partial charge on any atom is -0.315 e. The fourth-order valence-corrected chi connectivity index (χ4v) is 4.26. The van der Waals surface area contributed by atoms with Crippen molar-refractivity contribution < 1.29 is 0 Å². The van der Waals surface area contributed by atoms with Gasteiger partial charge in [-0.3, -0.25) is 4.90 Å². The fraction of sp³-hybridized carbons (Fsp3) is 1.00. The van der Waals surface area contributed by atoms with E-state index in [0.29, 0.717) is 17.5 Å². The molecular weight excluding hydrogens is 258 g/mol. The van der Waals surface area contributed by atoms with E-state index in [4.69, 9.17) is 0 Å². The van der Waals surface area contributed by atoms with Gasteiger partial charge in [-0.25, -0.2) is 0 Å². The minimum atomic E-state index is 0.495. The molecular formula is C18H37N3. The first kappa shape index (κ1) is 17.2. The Morgan fingerprint density at radius 1 is 1.19 bits per heavy atom. The first-order valence-corrected chi connectivity index (χ1v) is 9.00. The highest BCUT2D eigenvalue weighted by molar-refractivity contribution is 4.96. The van der Waals surface area contributed by atoms with Crippen LogP contribution in [0.5, 0.6) is 0 Å². The first-order valence-electron chi connectivity index (χ1n) is 9.00. The smallest absolute Gasteiger partial charge is 0.0253 e. The molecule has 124 valence electrons. The van der Waals surface area contributed by atoms with Gasteiger partial charge in [-0.1, -0.05) is 27.2 Å². The van der Waals surface area contributed by atoms with Gasteiger partial charge in [0.1, 0.15) is 0 Å². The van der Waals surface area contributed by atoms with Crippen LogP contribution in [0.25, 0.3) is 0 Å². The summed E-state index contributed by atoms with van der Waals surface area (Å²) in [6.45, 7) is 13.4. The lowest BCUT2D eigenvalue weighted by molar-refractivity contribution is 0.0114. The van der Waals surface area contributed by atoms with E-state index in [2.05, 4.69) is 56.9 Å². The molecule has 1 saturated heterocycles. The van der Waals surface area contributed by atoms with Gasteiger partial charge in [0, 0.05) is 37.8 Å². The maximum Gasteiger partial charge on any atom is 0.0253 e. The molecule has 4 atom stereocenters. The second-order valence-electron chi connectivity index (χ2n) is 8.14. The van der Waals surface area contributed by atoms with Crippen LogP contribution in [0, 0.1) is 11.3 Å². The molecule has 4 unspecified atom stereocenters. The summed E-state index contributed by atoms with van der Waals surface area (Å²) in [6, 6.07) is 2.11. The van der Waals surface area contributed by atoms with E-state index in [1.54, 1.807) is 0 Å². The average Bonchev–Trinajstić information content (AvgIpc) is 2.49. The van der Waals surface area contributed by atoms with Crippen molar-refractivity contribution in [2.24, 2.45) is 11.3 Å². The van der Waals surface area contributed by atoms with Crippen LogP contribution in [0.4, 0.5) is 0 Å². The van der Waals surface area contributed by atoms with E-state index < -0.39 is 0 Å². The molecule has 0 aromatic carbocycles. The zero-order chi connectivity index (χ0) is 15.6. The highest BCUT2D eigenvalue weighted by Crippen LogP contribution is 2.42. The Balaban J connectivity index is 2.06. The summed E-state index contributed by atoms with van der Waals surface area (Å²) in [6.07, 6.45) is 5.42. The van der Waals surface area contributed by atoms with Crippen LogP contribution in [-0.2, 0) is 0 Å². The summed E-state index contributed by atoms with van der Waals surface area (Å²) in [5, 5.41) is 3.61. The summed E-state index contributed by atoms with van der Waals surface area (Å²) in [4.78, 5) is 5.28. The molecule has 0 aromatic heterocycles. The lowest BCUT2D eigenvalue weighted by atomic mass is 9.67. The van der Waals surface area contributed by atoms with Gasteiger partial charge >= 0.3 is 0 Å². The number of piperazine rings is 1. The number of likely N-dealkylation sites (N-methyl/N-ethyl adjacent to an activating group) is 2. The third kappa shape index (κ3) is 3.80. The first-order chi connectivity index (χ1) is 9.89. The molecule has 2 aliphatic rings. The number of hydrogen-bond acceptors (Lipinski definition) is 3. The Bertz CT molecular complexity index is 328. The molecule has 0 radical (unpaired) electrons. The molecule has 0 amide bonds. The van der Waals surface area contributed by atoms with Crippen molar-refractivity contribution in [3.05, 3.63) is 0 Å². The Hall–Kier alpha value is -0.120. The minimum absolute atomic E-state index is 0.495. The molecule has 1 aliphatic carbocycles. The van der Waals surface area contributed by atoms with Gasteiger partial charge in [-0.2, -0.15) is 0 Å². The lowest BCUT2D eigenvalue weighted by Gasteiger charge is -2.50. The van der Waals surface area contributed by atoms with Crippen molar-refractivity contribution in [2.45, 2.75) is 71.5 Å². The van der Waals surface area contributed by atoms with Crippen LogP contribution in [0.2, 0.25) is 0 Å². The number of nitrogens with one attached hydrogen (secondary N) is 1. The standard InChI is InChI=1S/C18H37N3/c1-7-18(3,4)15-8-9-16(19-5)17(12-15)21-11-10-20(6)14(2)13-21/h14-17,19H,7-13H2,1-6H3. The second-order valence-corrected chi connectivity index (χ2v) is 8.14. The molecule has 0 spiro atoms. The highest BCUT2D eigenvalue weighted by atomic mass is 15.3. The van der Waals surface area contributed by atoms with Gasteiger partial charge in [-0.15, -0.1) is 0 Å². The van der Waals surface area contributed by atoms with E-state index >= 15 is 0 Å². The lowest BCUT2D eigenvalue weighted by Crippen LogP contribution is -2.60. The second kappa shape index (κ2) is 6.97. The molecule has 3 heteroatoms. The van der Waals surface area contributed by atoms with Gasteiger partial charge in [0.15, 0.2) is 0 Å². The van der Waals surface area contributed by atoms with Crippen molar-refractivity contribution in [1.29, 1.82) is 0 Å². The number of nitrogens with zero attached hydrogens (tertiary/aromatic N) is 2. The molecule has 3 nitrogen and oxygen atoms in total. The van der Waals surface area contributed by atoms with Crippen LogP contribution >= 0.6 is 0 Å². The molecule has 1 saturated carbocycles. The largest absolute Gasteiger partial charge is 0.315 e. The maximum absolute atomic E-state index is 3.61. The maximum atomic E-state index is 3.61. The Kier molecular flexibility index (Phi) is 5.72. The van der Waals surface area contributed by atoms with Crippen LogP contribution in [0.15, 0.2) is 0 Å². The van der Waals surface area contributed by atoms with Crippen LogP contribution in [0.1, 0.15) is 53.4 Å². The summed E-state index contributed by atoms with van der Waals surface area (Å²) >= 11 is 0. The molecule has 1 heterocycles. The molecule has 21 heavy (non-hydrogen) atoms. The van der Waals surface area contributed by atoms with Gasteiger partial charge in [-0.05, 0) is 51.6 Å². The van der Waals surface area contributed by atoms with Gasteiger partial charge < -0.3 is 10.2 Å². The number of rotatable bonds is 4. The van der Waals surface area contributed by atoms with Gasteiger partial charge in [0.2, 0.25) is 0 Å². The van der Waals surface area contributed by atoms with Crippen molar-refractivity contribution in [3.63, 3.8) is 0 Å². The molecule has 2 rings (SSSR count). The molecule has 0 aromatic rings. The third-order valence-corrected chi connectivity index (χ3v) is 6.66. The highest BCUT2D eigenvalue weighted by Gasteiger charge is 2.40. The molecule has 0 bridgehead atoms. The van der Waals surface area contributed by atoms with Crippen LogP contribution < -0.4 is 5.32 Å². The van der Waals surface area contributed by atoms with Gasteiger partial charge in [0.05, 0.1) is 0 Å². The van der Waals surface area contributed by atoms with Crippen molar-refractivity contribution in [3.8, 4) is 0 Å². The SMILES string of the molecule is CCC(C)(C)C1CCC(NC)C(N2CCN(C)C(C)C2)C1. The van der Waals surface area contributed by atoms with Crippen LogP contribution in [-0.4, -0.2) is 61.7 Å². The van der Waals surface area contributed by atoms with E-state index in [1.807, 2.05) is 0 Å². The zero-order valence-electron chi connectivity index (χ0n) is 15.2. The summed E-state index contributed by atoms with van der Waals surface area (Å²) in [7, 11) is 4.42. The molecule has 1 N–H and O–H groups in total.